The van der Waals surface area contributed by atoms with Gasteiger partial charge in [0.1, 0.15) is 0 Å². The molecule has 8 aromatic rings. The number of hydrogen-bond donors (Lipinski definition) is 0. The molecule has 0 aliphatic heterocycles. The molecule has 1 aromatic heterocycles. The number of aromatic nitrogens is 1. The molecule has 0 radical (unpaired) electrons. The molecular formula is C45H28N4Si. The van der Waals surface area contributed by atoms with E-state index >= 15 is 0 Å². The summed E-state index contributed by atoms with van der Waals surface area (Å²) in [5, 5.41) is 36.3. The van der Waals surface area contributed by atoms with E-state index in [1.807, 2.05) is 42.5 Å². The van der Waals surface area contributed by atoms with Gasteiger partial charge in [-0.2, -0.15) is 15.8 Å². The summed E-state index contributed by atoms with van der Waals surface area (Å²) < 4.78 is 2.20. The van der Waals surface area contributed by atoms with Crippen LogP contribution >= 0.6 is 0 Å². The zero-order valence-electron chi connectivity index (χ0n) is 27.0. The van der Waals surface area contributed by atoms with Gasteiger partial charge < -0.3 is 4.57 Å². The summed E-state index contributed by atoms with van der Waals surface area (Å²) in [6.45, 7) is 0. The quantitative estimate of drug-likeness (QED) is 0.138. The number of nitriles is 3. The molecular weight excluding hydrogens is 625 g/mol. The van der Waals surface area contributed by atoms with Crippen molar-refractivity contribution in [1.82, 2.24) is 4.57 Å². The van der Waals surface area contributed by atoms with Gasteiger partial charge in [0.2, 0.25) is 0 Å². The van der Waals surface area contributed by atoms with Crippen LogP contribution in [0.4, 0.5) is 0 Å². The predicted octanol–water partition coefficient (Wildman–Crippen LogP) is 7.44. The molecule has 0 amide bonds. The first-order valence-electron chi connectivity index (χ1n) is 16.4. The molecule has 0 bridgehead atoms. The molecule has 1 heterocycles. The second kappa shape index (κ2) is 12.6. The average molecular weight is 653 g/mol. The van der Waals surface area contributed by atoms with Crippen molar-refractivity contribution in [2.75, 3.05) is 0 Å². The first kappa shape index (κ1) is 30.4. The molecule has 50 heavy (non-hydrogen) atoms. The Bertz CT molecular complexity index is 2510. The number of nitrogens with zero attached hydrogens (tertiary/aromatic N) is 4. The summed E-state index contributed by atoms with van der Waals surface area (Å²) >= 11 is 0. The fourth-order valence-corrected chi connectivity index (χ4v) is 12.5. The minimum absolute atomic E-state index is 0.568. The summed E-state index contributed by atoms with van der Waals surface area (Å²) in [5.41, 5.74) is 6.70. The van der Waals surface area contributed by atoms with Gasteiger partial charge in [-0.25, -0.2) is 0 Å². The Balaban J connectivity index is 1.44. The molecule has 0 saturated heterocycles. The molecule has 7 aromatic carbocycles. The monoisotopic (exact) mass is 652 g/mol. The molecule has 0 aliphatic carbocycles. The Hall–Kier alpha value is -6.97. The molecule has 0 aliphatic rings. The van der Waals surface area contributed by atoms with Crippen molar-refractivity contribution >= 4 is 50.6 Å². The van der Waals surface area contributed by atoms with Crippen molar-refractivity contribution in [3.8, 4) is 35.0 Å². The maximum atomic E-state index is 10.3. The van der Waals surface area contributed by atoms with Gasteiger partial charge in [-0.1, -0.05) is 109 Å². The van der Waals surface area contributed by atoms with Crippen molar-refractivity contribution in [3.05, 3.63) is 187 Å². The Morgan fingerprint density at radius 1 is 0.420 bits per heavy atom. The van der Waals surface area contributed by atoms with E-state index in [-0.39, 0.29) is 0 Å². The highest BCUT2D eigenvalue weighted by molar-refractivity contribution is 7.20. The number of rotatable bonds is 6. The van der Waals surface area contributed by atoms with Crippen molar-refractivity contribution in [3.63, 3.8) is 0 Å². The van der Waals surface area contributed by atoms with Crippen LogP contribution in [-0.2, 0) is 0 Å². The van der Waals surface area contributed by atoms with Gasteiger partial charge in [0.15, 0.2) is 8.07 Å². The molecule has 0 fully saturated rings. The minimum Gasteiger partial charge on any atom is -0.309 e. The minimum atomic E-state index is -2.99. The smallest absolute Gasteiger partial charge is 0.180 e. The summed E-state index contributed by atoms with van der Waals surface area (Å²) in [4.78, 5) is 0. The Labute approximate surface area is 291 Å². The van der Waals surface area contributed by atoms with Crippen LogP contribution in [0, 0.1) is 34.0 Å². The van der Waals surface area contributed by atoms with Crippen molar-refractivity contribution in [2.24, 2.45) is 0 Å². The molecule has 4 nitrogen and oxygen atoms in total. The fraction of sp³-hybridized carbons (Fsp3) is 0. The van der Waals surface area contributed by atoms with E-state index in [0.29, 0.717) is 16.7 Å². The van der Waals surface area contributed by atoms with E-state index in [4.69, 9.17) is 0 Å². The SMILES string of the molecule is N#Cc1ccc(-c2cccc(-n3c4ccc(C#N)cc4c4cc(C#N)ccc43)c2)c([Si](c2ccccc2)(c2ccccc2)c2ccccc2)c1. The van der Waals surface area contributed by atoms with Gasteiger partial charge in [-0.15, -0.1) is 0 Å². The predicted molar refractivity (Wildman–Crippen MR) is 204 cm³/mol. The number of hydrogen-bond acceptors (Lipinski definition) is 3. The van der Waals surface area contributed by atoms with Gasteiger partial charge >= 0.3 is 0 Å². The molecule has 0 unspecified atom stereocenters. The highest BCUT2D eigenvalue weighted by atomic mass is 28.3. The van der Waals surface area contributed by atoms with Crippen molar-refractivity contribution in [1.29, 1.82) is 15.8 Å². The van der Waals surface area contributed by atoms with Gasteiger partial charge in [0.25, 0.3) is 0 Å². The Morgan fingerprint density at radius 3 is 1.36 bits per heavy atom. The van der Waals surface area contributed by atoms with E-state index in [1.165, 1.54) is 15.6 Å². The van der Waals surface area contributed by atoms with E-state index < -0.39 is 8.07 Å². The van der Waals surface area contributed by atoms with E-state index in [1.54, 1.807) is 0 Å². The largest absolute Gasteiger partial charge is 0.309 e. The van der Waals surface area contributed by atoms with Crippen LogP contribution in [0.3, 0.4) is 0 Å². The lowest BCUT2D eigenvalue weighted by molar-refractivity contribution is 1.18. The fourth-order valence-electron chi connectivity index (χ4n) is 7.46. The van der Waals surface area contributed by atoms with Crippen LogP contribution in [-0.4, -0.2) is 12.6 Å². The highest BCUT2D eigenvalue weighted by Gasteiger charge is 2.43. The highest BCUT2D eigenvalue weighted by Crippen LogP contribution is 2.35. The van der Waals surface area contributed by atoms with Gasteiger partial charge in [0, 0.05) is 16.5 Å². The molecule has 8 rings (SSSR count). The van der Waals surface area contributed by atoms with Gasteiger partial charge in [0.05, 0.1) is 45.9 Å². The van der Waals surface area contributed by atoms with Gasteiger partial charge in [-0.05, 0) is 92.5 Å². The molecule has 5 heteroatoms. The summed E-state index contributed by atoms with van der Waals surface area (Å²) in [5.74, 6) is 0. The molecule has 232 valence electrons. The van der Waals surface area contributed by atoms with E-state index in [0.717, 1.165) is 43.8 Å². The maximum Gasteiger partial charge on any atom is 0.180 e. The van der Waals surface area contributed by atoms with E-state index in [2.05, 4.69) is 150 Å². The third kappa shape index (κ3) is 4.88. The van der Waals surface area contributed by atoms with Crippen LogP contribution < -0.4 is 20.7 Å². The lowest BCUT2D eigenvalue weighted by Crippen LogP contribution is -2.75. The van der Waals surface area contributed by atoms with E-state index in [9.17, 15) is 15.8 Å². The van der Waals surface area contributed by atoms with Crippen LogP contribution in [0.1, 0.15) is 16.7 Å². The first-order valence-corrected chi connectivity index (χ1v) is 18.4. The van der Waals surface area contributed by atoms with Crippen LogP contribution in [0.25, 0.3) is 38.6 Å². The Kier molecular flexibility index (Phi) is 7.63. The Morgan fingerprint density at radius 2 is 0.880 bits per heavy atom. The van der Waals surface area contributed by atoms with Crippen LogP contribution in [0.15, 0.2) is 170 Å². The number of benzene rings is 7. The van der Waals surface area contributed by atoms with Crippen molar-refractivity contribution < 1.29 is 0 Å². The average Bonchev–Trinajstić information content (AvgIpc) is 3.52. The van der Waals surface area contributed by atoms with Crippen LogP contribution in [0.2, 0.25) is 0 Å². The second-order valence-electron chi connectivity index (χ2n) is 12.3. The lowest BCUT2D eigenvalue weighted by Gasteiger charge is -2.36. The zero-order valence-corrected chi connectivity index (χ0v) is 28.0. The molecule has 0 N–H and O–H groups in total. The summed E-state index contributed by atoms with van der Waals surface area (Å²) in [6, 6.07) is 65.3. The molecule has 0 spiro atoms. The third-order valence-corrected chi connectivity index (χ3v) is 14.4. The van der Waals surface area contributed by atoms with Crippen molar-refractivity contribution in [2.45, 2.75) is 0 Å². The topological polar surface area (TPSA) is 76.3 Å². The third-order valence-electron chi connectivity index (χ3n) is 9.61. The van der Waals surface area contributed by atoms with Crippen LogP contribution in [0.5, 0.6) is 0 Å². The maximum absolute atomic E-state index is 10.3. The first-order chi connectivity index (χ1) is 24.6. The molecule has 0 atom stereocenters. The summed E-state index contributed by atoms with van der Waals surface area (Å²) in [7, 11) is -2.99. The second-order valence-corrected chi connectivity index (χ2v) is 16.1. The normalized spacial score (nSPS) is 11.1. The summed E-state index contributed by atoms with van der Waals surface area (Å²) in [6.07, 6.45) is 0. The zero-order chi connectivity index (χ0) is 34.1. The van der Waals surface area contributed by atoms with Gasteiger partial charge in [-0.3, -0.25) is 0 Å². The molecule has 0 saturated carbocycles. The standard InChI is InChI=1S/C45H28N4Si/c46-29-32-20-23-43-41(25-32)42-26-33(30-47)21-24-44(42)49(43)36-12-10-11-35(28-36)40-22-19-34(31-48)27-45(40)50(37-13-4-1-5-14-37,38-15-6-2-7-16-38)39-17-8-3-9-18-39/h1-28H. The number of fused-ring (bicyclic) bond motifs is 3. The lowest BCUT2D eigenvalue weighted by atomic mass is 10.0.